The standard InChI is InChI=1S/C14H14N4O3/c15-7-10-3-5-18(6-4-10)14-16-8-11(9-17-14)1-2-12(19)13(20)21/h1-2,8-10H,3-6H2,(H,20,21). The Kier molecular flexibility index (Phi) is 4.61. The molecule has 0 saturated carbocycles. The van der Waals surface area contributed by atoms with Gasteiger partial charge in [-0.15, -0.1) is 0 Å². The van der Waals surface area contributed by atoms with Crippen LogP contribution in [0.15, 0.2) is 18.5 Å². The van der Waals surface area contributed by atoms with E-state index in [9.17, 15) is 9.59 Å². The van der Waals surface area contributed by atoms with Gasteiger partial charge in [0.2, 0.25) is 5.95 Å². The van der Waals surface area contributed by atoms with Crippen LogP contribution in [-0.2, 0) is 9.59 Å². The Labute approximate surface area is 121 Å². The number of piperidine rings is 1. The maximum atomic E-state index is 10.9. The van der Waals surface area contributed by atoms with Gasteiger partial charge in [0, 0.05) is 37.0 Å². The number of anilines is 1. The fourth-order valence-electron chi connectivity index (χ4n) is 2.03. The van der Waals surface area contributed by atoms with Crippen molar-refractivity contribution in [1.82, 2.24) is 9.97 Å². The Morgan fingerprint density at radius 1 is 1.33 bits per heavy atom. The van der Waals surface area contributed by atoms with Crippen LogP contribution in [0, 0.1) is 17.2 Å². The largest absolute Gasteiger partial charge is 0.475 e. The third-order valence-corrected chi connectivity index (χ3v) is 3.26. The van der Waals surface area contributed by atoms with Gasteiger partial charge < -0.3 is 10.0 Å². The SMILES string of the molecule is N#CC1CCN(c2ncc(C=CC(=O)C(=O)O)cn2)CC1. The van der Waals surface area contributed by atoms with E-state index in [1.165, 1.54) is 18.5 Å². The fraction of sp³-hybridized carbons (Fsp3) is 0.357. The first-order chi connectivity index (χ1) is 10.1. The lowest BCUT2D eigenvalue weighted by atomic mass is 9.99. The van der Waals surface area contributed by atoms with Crippen LogP contribution in [0.2, 0.25) is 0 Å². The normalized spacial score (nSPS) is 15.9. The van der Waals surface area contributed by atoms with Crippen molar-refractivity contribution in [3.8, 4) is 6.07 Å². The molecule has 1 fully saturated rings. The summed E-state index contributed by atoms with van der Waals surface area (Å²) in [5.74, 6) is -1.81. The third kappa shape index (κ3) is 3.86. The Balaban J connectivity index is 1.98. The van der Waals surface area contributed by atoms with Crippen LogP contribution in [-0.4, -0.2) is 39.9 Å². The highest BCUT2D eigenvalue weighted by Crippen LogP contribution is 2.19. The summed E-state index contributed by atoms with van der Waals surface area (Å²) in [6.45, 7) is 1.48. The van der Waals surface area contributed by atoms with Crippen molar-refractivity contribution in [1.29, 1.82) is 5.26 Å². The predicted molar refractivity (Wildman–Crippen MR) is 74.3 cm³/mol. The highest BCUT2D eigenvalue weighted by Gasteiger charge is 2.20. The molecule has 1 aromatic rings. The molecule has 2 rings (SSSR count). The Bertz CT molecular complexity index is 596. The number of nitrogens with zero attached hydrogens (tertiary/aromatic N) is 4. The number of aliphatic carboxylic acids is 1. The lowest BCUT2D eigenvalue weighted by Gasteiger charge is -2.28. The van der Waals surface area contributed by atoms with Crippen molar-refractivity contribution in [2.75, 3.05) is 18.0 Å². The van der Waals surface area contributed by atoms with Gasteiger partial charge in [-0.05, 0) is 25.0 Å². The quantitative estimate of drug-likeness (QED) is 0.646. The number of carbonyl (C=O) groups is 2. The van der Waals surface area contributed by atoms with Crippen LogP contribution in [0.5, 0.6) is 0 Å². The molecule has 7 heteroatoms. The molecule has 1 aliphatic heterocycles. The third-order valence-electron chi connectivity index (χ3n) is 3.26. The van der Waals surface area contributed by atoms with Crippen molar-refractivity contribution < 1.29 is 14.7 Å². The molecule has 0 unspecified atom stereocenters. The van der Waals surface area contributed by atoms with E-state index in [0.717, 1.165) is 32.0 Å². The molecule has 0 atom stereocenters. The van der Waals surface area contributed by atoms with E-state index < -0.39 is 11.8 Å². The summed E-state index contributed by atoms with van der Waals surface area (Å²) in [5.41, 5.74) is 0.556. The minimum absolute atomic E-state index is 0.102. The molecule has 1 N–H and O–H groups in total. The Hall–Kier alpha value is -2.75. The molecule has 0 spiro atoms. The second-order valence-corrected chi connectivity index (χ2v) is 4.71. The molecular weight excluding hydrogens is 272 g/mol. The van der Waals surface area contributed by atoms with Crippen LogP contribution in [0.3, 0.4) is 0 Å². The highest BCUT2D eigenvalue weighted by atomic mass is 16.4. The summed E-state index contributed by atoms with van der Waals surface area (Å²) < 4.78 is 0. The van der Waals surface area contributed by atoms with E-state index in [1.807, 2.05) is 4.90 Å². The van der Waals surface area contributed by atoms with Crippen molar-refractivity contribution in [3.05, 3.63) is 24.0 Å². The van der Waals surface area contributed by atoms with Crippen molar-refractivity contribution in [2.45, 2.75) is 12.8 Å². The van der Waals surface area contributed by atoms with Gasteiger partial charge in [0.1, 0.15) is 0 Å². The van der Waals surface area contributed by atoms with Gasteiger partial charge >= 0.3 is 5.97 Å². The predicted octanol–water partition coefficient (Wildman–Crippen LogP) is 0.883. The molecule has 108 valence electrons. The van der Waals surface area contributed by atoms with E-state index in [2.05, 4.69) is 16.0 Å². The summed E-state index contributed by atoms with van der Waals surface area (Å²) >= 11 is 0. The first-order valence-corrected chi connectivity index (χ1v) is 6.52. The van der Waals surface area contributed by atoms with Crippen LogP contribution in [0.1, 0.15) is 18.4 Å². The Morgan fingerprint density at radius 3 is 2.48 bits per heavy atom. The molecule has 0 aliphatic carbocycles. The van der Waals surface area contributed by atoms with Gasteiger partial charge in [0.15, 0.2) is 0 Å². The lowest BCUT2D eigenvalue weighted by molar-refractivity contribution is -0.146. The summed E-state index contributed by atoms with van der Waals surface area (Å²) in [6.07, 6.45) is 7.00. The summed E-state index contributed by atoms with van der Waals surface area (Å²) in [6, 6.07) is 2.26. The van der Waals surface area contributed by atoms with Crippen LogP contribution in [0.25, 0.3) is 6.08 Å². The molecule has 0 amide bonds. The van der Waals surface area contributed by atoms with Gasteiger partial charge in [-0.2, -0.15) is 5.26 Å². The molecule has 1 saturated heterocycles. The second kappa shape index (κ2) is 6.61. The zero-order valence-electron chi connectivity index (χ0n) is 11.3. The van der Waals surface area contributed by atoms with Crippen molar-refractivity contribution >= 4 is 23.8 Å². The lowest BCUT2D eigenvalue weighted by Crippen LogP contribution is -2.34. The first kappa shape index (κ1) is 14.7. The Morgan fingerprint density at radius 2 is 1.95 bits per heavy atom. The van der Waals surface area contributed by atoms with Gasteiger partial charge in [-0.3, -0.25) is 4.79 Å². The highest BCUT2D eigenvalue weighted by molar-refractivity contribution is 6.38. The number of carbonyl (C=O) groups excluding carboxylic acids is 1. The van der Waals surface area contributed by atoms with Gasteiger partial charge in [0.25, 0.3) is 5.78 Å². The zero-order chi connectivity index (χ0) is 15.2. The molecule has 0 bridgehead atoms. The zero-order valence-corrected chi connectivity index (χ0v) is 11.3. The maximum absolute atomic E-state index is 10.9. The molecule has 1 aliphatic rings. The molecular formula is C14H14N4O3. The van der Waals surface area contributed by atoms with E-state index in [-0.39, 0.29) is 5.92 Å². The molecule has 21 heavy (non-hydrogen) atoms. The number of carboxylic acid groups (broad SMARTS) is 1. The number of nitriles is 1. The summed E-state index contributed by atoms with van der Waals surface area (Å²) in [4.78, 5) is 31.7. The topological polar surface area (TPSA) is 107 Å². The second-order valence-electron chi connectivity index (χ2n) is 4.71. The van der Waals surface area contributed by atoms with E-state index in [1.54, 1.807) is 0 Å². The van der Waals surface area contributed by atoms with E-state index in [4.69, 9.17) is 10.4 Å². The van der Waals surface area contributed by atoms with E-state index >= 15 is 0 Å². The van der Waals surface area contributed by atoms with Gasteiger partial charge in [-0.1, -0.05) is 0 Å². The van der Waals surface area contributed by atoms with Crippen LogP contribution >= 0.6 is 0 Å². The van der Waals surface area contributed by atoms with Crippen LogP contribution in [0.4, 0.5) is 5.95 Å². The van der Waals surface area contributed by atoms with Crippen molar-refractivity contribution in [2.24, 2.45) is 5.92 Å². The van der Waals surface area contributed by atoms with E-state index in [0.29, 0.717) is 11.5 Å². The molecule has 1 aromatic heterocycles. The average molecular weight is 286 g/mol. The smallest absolute Gasteiger partial charge is 0.376 e. The molecule has 0 aromatic carbocycles. The summed E-state index contributed by atoms with van der Waals surface area (Å²) in [7, 11) is 0. The number of carboxylic acids is 1. The number of ketones is 1. The number of hydrogen-bond donors (Lipinski definition) is 1. The maximum Gasteiger partial charge on any atom is 0.376 e. The van der Waals surface area contributed by atoms with Gasteiger partial charge in [0.05, 0.1) is 6.07 Å². The molecule has 7 nitrogen and oxygen atoms in total. The number of rotatable bonds is 4. The minimum Gasteiger partial charge on any atom is -0.475 e. The fourth-order valence-corrected chi connectivity index (χ4v) is 2.03. The number of hydrogen-bond acceptors (Lipinski definition) is 6. The molecule has 0 radical (unpaired) electrons. The number of aromatic nitrogens is 2. The van der Waals surface area contributed by atoms with Crippen LogP contribution < -0.4 is 4.90 Å². The first-order valence-electron chi connectivity index (χ1n) is 6.52. The summed E-state index contributed by atoms with van der Waals surface area (Å²) in [5, 5.41) is 17.3. The van der Waals surface area contributed by atoms with Crippen molar-refractivity contribution in [3.63, 3.8) is 0 Å². The minimum atomic E-state index is -1.50. The molecule has 2 heterocycles. The van der Waals surface area contributed by atoms with Gasteiger partial charge in [-0.25, -0.2) is 14.8 Å². The monoisotopic (exact) mass is 286 g/mol. The average Bonchev–Trinajstić information content (AvgIpc) is 2.53.